The van der Waals surface area contributed by atoms with Crippen molar-refractivity contribution in [3.05, 3.63) is 43.8 Å². The van der Waals surface area contributed by atoms with E-state index in [1.54, 1.807) is 20.9 Å². The molecule has 20 heavy (non-hydrogen) atoms. The summed E-state index contributed by atoms with van der Waals surface area (Å²) in [7, 11) is 0. The van der Waals surface area contributed by atoms with E-state index in [1.807, 2.05) is 22.7 Å². The van der Waals surface area contributed by atoms with Gasteiger partial charge in [-0.3, -0.25) is 9.80 Å². The fourth-order valence-corrected chi connectivity index (χ4v) is 4.92. The minimum absolute atomic E-state index is 0. The molecule has 4 heterocycles. The molecular formula is C16H22N2S2. The van der Waals surface area contributed by atoms with Crippen molar-refractivity contribution in [2.75, 3.05) is 19.8 Å². The molecule has 0 amide bonds. The van der Waals surface area contributed by atoms with Crippen molar-refractivity contribution in [2.45, 2.75) is 33.4 Å². The Hall–Kier alpha value is -0.680. The van der Waals surface area contributed by atoms with Crippen LogP contribution in [0.1, 0.15) is 28.3 Å². The van der Waals surface area contributed by atoms with Crippen molar-refractivity contribution >= 4 is 22.7 Å². The van der Waals surface area contributed by atoms with Crippen LogP contribution >= 0.6 is 22.7 Å². The maximum absolute atomic E-state index is 2.60. The third kappa shape index (κ3) is 2.70. The van der Waals surface area contributed by atoms with Gasteiger partial charge in [0, 0.05) is 35.9 Å². The van der Waals surface area contributed by atoms with Gasteiger partial charge >= 0.3 is 0 Å². The van der Waals surface area contributed by atoms with Gasteiger partial charge in [0.2, 0.25) is 0 Å². The molecule has 0 saturated carbocycles. The van der Waals surface area contributed by atoms with E-state index in [2.05, 4.69) is 32.7 Å². The molecule has 0 aromatic carbocycles. The first-order valence-corrected chi connectivity index (χ1v) is 8.69. The molecule has 0 fully saturated rings. The van der Waals surface area contributed by atoms with Crippen LogP contribution in [0.5, 0.6) is 0 Å². The van der Waals surface area contributed by atoms with Crippen LogP contribution < -0.4 is 0 Å². The molecule has 0 spiro atoms. The zero-order valence-electron chi connectivity index (χ0n) is 11.0. The second kappa shape index (κ2) is 5.98. The van der Waals surface area contributed by atoms with Gasteiger partial charge in [-0.25, -0.2) is 0 Å². The van der Waals surface area contributed by atoms with Gasteiger partial charge in [0.1, 0.15) is 0 Å². The number of thiophene rings is 2. The first-order chi connectivity index (χ1) is 9.38. The molecule has 0 radical (unpaired) electrons. The Morgan fingerprint density at radius 1 is 0.850 bits per heavy atom. The molecule has 2 aliphatic rings. The third-order valence-corrected chi connectivity index (χ3v) is 6.22. The average Bonchev–Trinajstić information content (AvgIpc) is 3.05. The minimum Gasteiger partial charge on any atom is -0.286 e. The Bertz CT molecular complexity index is 522. The zero-order chi connectivity index (χ0) is 12.7. The van der Waals surface area contributed by atoms with Gasteiger partial charge < -0.3 is 0 Å². The standard InChI is InChI=1S/C15H18N2S2.CH4/c1-5-16(9-12-3-7-18-14(1)12)11-17-6-2-15-13(10-17)4-8-19-15;/h3-4,7-8H,1-2,5-6,9-11H2;1H4. The van der Waals surface area contributed by atoms with Crippen molar-refractivity contribution < 1.29 is 0 Å². The van der Waals surface area contributed by atoms with Gasteiger partial charge in [-0.05, 0) is 46.9 Å². The van der Waals surface area contributed by atoms with Gasteiger partial charge in [-0.2, -0.15) is 0 Å². The maximum atomic E-state index is 2.60. The van der Waals surface area contributed by atoms with Crippen molar-refractivity contribution in [1.29, 1.82) is 0 Å². The van der Waals surface area contributed by atoms with Crippen molar-refractivity contribution in [1.82, 2.24) is 9.80 Å². The summed E-state index contributed by atoms with van der Waals surface area (Å²) in [5.74, 6) is 0. The van der Waals surface area contributed by atoms with E-state index >= 15 is 0 Å². The molecule has 0 unspecified atom stereocenters. The summed E-state index contributed by atoms with van der Waals surface area (Å²) >= 11 is 3.85. The molecule has 2 nitrogen and oxygen atoms in total. The van der Waals surface area contributed by atoms with E-state index in [9.17, 15) is 0 Å². The van der Waals surface area contributed by atoms with Gasteiger partial charge in [0.25, 0.3) is 0 Å². The summed E-state index contributed by atoms with van der Waals surface area (Å²) in [5, 5.41) is 4.49. The van der Waals surface area contributed by atoms with Gasteiger partial charge in [-0.1, -0.05) is 7.43 Å². The van der Waals surface area contributed by atoms with Gasteiger partial charge in [0.05, 0.1) is 6.67 Å². The van der Waals surface area contributed by atoms with Gasteiger partial charge in [-0.15, -0.1) is 22.7 Å². The summed E-state index contributed by atoms with van der Waals surface area (Å²) < 4.78 is 0. The first-order valence-electron chi connectivity index (χ1n) is 6.94. The third-order valence-electron chi connectivity index (χ3n) is 4.17. The summed E-state index contributed by atoms with van der Waals surface area (Å²) in [6.45, 7) is 5.86. The van der Waals surface area contributed by atoms with Crippen molar-refractivity contribution in [3.63, 3.8) is 0 Å². The van der Waals surface area contributed by atoms with Crippen molar-refractivity contribution in [2.24, 2.45) is 0 Å². The van der Waals surface area contributed by atoms with Crippen LogP contribution in [0, 0.1) is 0 Å². The van der Waals surface area contributed by atoms with Crippen LogP contribution in [-0.2, 0) is 25.9 Å². The van der Waals surface area contributed by atoms with Crippen LogP contribution in [0.3, 0.4) is 0 Å². The van der Waals surface area contributed by atoms with Crippen LogP contribution in [0.25, 0.3) is 0 Å². The number of hydrogen-bond donors (Lipinski definition) is 0. The van der Waals surface area contributed by atoms with Crippen LogP contribution in [-0.4, -0.2) is 29.6 Å². The van der Waals surface area contributed by atoms with Crippen LogP contribution in [0.2, 0.25) is 0 Å². The highest BCUT2D eigenvalue weighted by Gasteiger charge is 2.22. The SMILES string of the molecule is C.c1cc2c(s1)CCN(CN1CCc3sccc3C1)C2. The lowest BCUT2D eigenvalue weighted by Gasteiger charge is -2.34. The van der Waals surface area contributed by atoms with Crippen LogP contribution in [0.15, 0.2) is 22.9 Å². The number of rotatable bonds is 2. The zero-order valence-corrected chi connectivity index (χ0v) is 12.6. The molecular weight excluding hydrogens is 284 g/mol. The second-order valence-electron chi connectivity index (χ2n) is 5.48. The molecule has 4 heteroatoms. The Morgan fingerprint density at radius 3 is 1.85 bits per heavy atom. The fraction of sp³-hybridized carbons (Fsp3) is 0.500. The molecule has 108 valence electrons. The molecule has 2 aliphatic heterocycles. The highest BCUT2D eigenvalue weighted by molar-refractivity contribution is 7.10. The topological polar surface area (TPSA) is 6.48 Å². The fourth-order valence-electron chi connectivity index (χ4n) is 3.14. The maximum Gasteiger partial charge on any atom is 0.0513 e. The summed E-state index contributed by atoms with van der Waals surface area (Å²) in [4.78, 5) is 8.42. The number of fused-ring (bicyclic) bond motifs is 2. The van der Waals surface area contributed by atoms with Crippen molar-refractivity contribution in [3.8, 4) is 0 Å². The molecule has 0 N–H and O–H groups in total. The monoisotopic (exact) mass is 306 g/mol. The Morgan fingerprint density at radius 2 is 1.35 bits per heavy atom. The lowest BCUT2D eigenvalue weighted by molar-refractivity contribution is 0.111. The molecule has 0 atom stereocenters. The lowest BCUT2D eigenvalue weighted by Crippen LogP contribution is -2.42. The van der Waals surface area contributed by atoms with E-state index < -0.39 is 0 Å². The smallest absolute Gasteiger partial charge is 0.0513 e. The quantitative estimate of drug-likeness (QED) is 0.832. The Labute approximate surface area is 129 Å². The van der Waals surface area contributed by atoms with Gasteiger partial charge in [0.15, 0.2) is 0 Å². The Balaban J connectivity index is 0.00000121. The molecule has 2 aromatic rings. The summed E-state index contributed by atoms with van der Waals surface area (Å²) in [6, 6.07) is 4.61. The minimum atomic E-state index is 0. The van der Waals surface area contributed by atoms with E-state index in [0.29, 0.717) is 0 Å². The van der Waals surface area contributed by atoms with E-state index in [4.69, 9.17) is 0 Å². The average molecular weight is 307 g/mol. The highest BCUT2D eigenvalue weighted by atomic mass is 32.1. The molecule has 2 aromatic heterocycles. The second-order valence-corrected chi connectivity index (χ2v) is 7.49. The Kier molecular flexibility index (Phi) is 4.26. The predicted octanol–water partition coefficient (Wildman–Crippen LogP) is 3.82. The predicted molar refractivity (Wildman–Crippen MR) is 88.5 cm³/mol. The van der Waals surface area contributed by atoms with E-state index in [0.717, 1.165) is 19.8 Å². The lowest BCUT2D eigenvalue weighted by atomic mass is 10.1. The summed E-state index contributed by atoms with van der Waals surface area (Å²) in [5.41, 5.74) is 3.12. The van der Waals surface area contributed by atoms with E-state index in [-0.39, 0.29) is 7.43 Å². The summed E-state index contributed by atoms with van der Waals surface area (Å²) in [6.07, 6.45) is 2.48. The largest absolute Gasteiger partial charge is 0.286 e. The van der Waals surface area contributed by atoms with Crippen LogP contribution in [0.4, 0.5) is 0 Å². The van der Waals surface area contributed by atoms with E-state index in [1.165, 1.54) is 25.9 Å². The molecule has 0 saturated heterocycles. The molecule has 4 rings (SSSR count). The first kappa shape index (κ1) is 14.3. The number of hydrogen-bond acceptors (Lipinski definition) is 4. The number of nitrogens with zero attached hydrogens (tertiary/aromatic N) is 2. The molecule has 0 aliphatic carbocycles. The highest BCUT2D eigenvalue weighted by Crippen LogP contribution is 2.26. The molecule has 0 bridgehead atoms. The normalized spacial score (nSPS) is 19.2.